The molecular weight excluding hydrogens is 258 g/mol. The van der Waals surface area contributed by atoms with E-state index >= 15 is 0 Å². The normalized spacial score (nSPS) is 12.6. The molecule has 0 radical (unpaired) electrons. The Morgan fingerprint density at radius 2 is 1.71 bits per heavy atom. The van der Waals surface area contributed by atoms with E-state index in [0.717, 1.165) is 25.1 Å². The molecule has 0 heterocycles. The van der Waals surface area contributed by atoms with Crippen LogP contribution in [-0.2, 0) is 6.54 Å². The number of nitrogens with zero attached hydrogens (tertiary/aromatic N) is 1. The Kier molecular flexibility index (Phi) is 5.54. The van der Waals surface area contributed by atoms with Crippen molar-refractivity contribution in [3.05, 3.63) is 70.8 Å². The summed E-state index contributed by atoms with van der Waals surface area (Å²) in [6, 6.07) is 16.7. The van der Waals surface area contributed by atoms with Crippen molar-refractivity contribution >= 4 is 0 Å². The van der Waals surface area contributed by atoms with E-state index in [1.807, 2.05) is 12.1 Å². The predicted octanol–water partition coefficient (Wildman–Crippen LogP) is 3.86. The van der Waals surface area contributed by atoms with Crippen molar-refractivity contribution in [2.24, 2.45) is 0 Å². The quantitative estimate of drug-likeness (QED) is 0.870. The lowest BCUT2D eigenvalue weighted by atomic mass is 10.0. The standard InChI is InChI=1S/C19H25NO/c1-15-7-9-18(10-8-15)19(21)11-12-20(3)14-17-6-4-5-16(2)13-17/h4-10,13,19,21H,11-12,14H2,1-3H3. The summed E-state index contributed by atoms with van der Waals surface area (Å²) in [7, 11) is 2.10. The number of rotatable bonds is 6. The van der Waals surface area contributed by atoms with E-state index < -0.39 is 0 Å². The first kappa shape index (κ1) is 15.7. The second-order valence-corrected chi connectivity index (χ2v) is 5.94. The van der Waals surface area contributed by atoms with Crippen molar-refractivity contribution in [2.45, 2.75) is 32.9 Å². The van der Waals surface area contributed by atoms with Crippen molar-refractivity contribution in [1.29, 1.82) is 0 Å². The van der Waals surface area contributed by atoms with E-state index in [1.165, 1.54) is 16.7 Å². The van der Waals surface area contributed by atoms with Gasteiger partial charge in [0.05, 0.1) is 6.10 Å². The molecule has 1 atom stereocenters. The van der Waals surface area contributed by atoms with Gasteiger partial charge in [-0.3, -0.25) is 0 Å². The van der Waals surface area contributed by atoms with Gasteiger partial charge in [-0.1, -0.05) is 59.7 Å². The van der Waals surface area contributed by atoms with E-state index in [2.05, 4.69) is 62.2 Å². The van der Waals surface area contributed by atoms with Gasteiger partial charge in [0.15, 0.2) is 0 Å². The number of benzene rings is 2. The van der Waals surface area contributed by atoms with Gasteiger partial charge < -0.3 is 10.0 Å². The molecule has 2 rings (SSSR count). The molecule has 2 heteroatoms. The number of aryl methyl sites for hydroxylation is 2. The summed E-state index contributed by atoms with van der Waals surface area (Å²) < 4.78 is 0. The van der Waals surface area contributed by atoms with Crippen molar-refractivity contribution in [2.75, 3.05) is 13.6 Å². The molecule has 0 aliphatic carbocycles. The van der Waals surface area contributed by atoms with Crippen LogP contribution in [0.3, 0.4) is 0 Å². The maximum Gasteiger partial charge on any atom is 0.0802 e. The zero-order valence-corrected chi connectivity index (χ0v) is 13.2. The van der Waals surface area contributed by atoms with Gasteiger partial charge in [0, 0.05) is 13.1 Å². The van der Waals surface area contributed by atoms with Gasteiger partial charge >= 0.3 is 0 Å². The molecule has 0 bridgehead atoms. The first-order valence-electron chi connectivity index (χ1n) is 7.53. The molecule has 0 aromatic heterocycles. The summed E-state index contributed by atoms with van der Waals surface area (Å²) in [5.74, 6) is 0. The Morgan fingerprint density at radius 3 is 2.38 bits per heavy atom. The first-order chi connectivity index (χ1) is 10.0. The third-order valence-electron chi connectivity index (χ3n) is 3.78. The average molecular weight is 283 g/mol. The Hall–Kier alpha value is -1.64. The van der Waals surface area contributed by atoms with Gasteiger partial charge in [-0.05, 0) is 38.4 Å². The molecule has 0 fully saturated rings. The lowest BCUT2D eigenvalue weighted by molar-refractivity contribution is 0.147. The van der Waals surface area contributed by atoms with Gasteiger partial charge in [-0.2, -0.15) is 0 Å². The average Bonchev–Trinajstić information content (AvgIpc) is 2.45. The van der Waals surface area contributed by atoms with Crippen molar-refractivity contribution in [1.82, 2.24) is 4.90 Å². The predicted molar refractivity (Wildman–Crippen MR) is 88.3 cm³/mol. The summed E-state index contributed by atoms with van der Waals surface area (Å²) in [6.45, 7) is 5.97. The van der Waals surface area contributed by atoms with E-state index in [0.29, 0.717) is 0 Å². The molecule has 1 N–H and O–H groups in total. The van der Waals surface area contributed by atoms with Gasteiger partial charge in [-0.15, -0.1) is 0 Å². The Morgan fingerprint density at radius 1 is 1.00 bits per heavy atom. The van der Waals surface area contributed by atoms with Gasteiger partial charge in [0.25, 0.3) is 0 Å². The van der Waals surface area contributed by atoms with Crippen LogP contribution in [0.15, 0.2) is 48.5 Å². The summed E-state index contributed by atoms with van der Waals surface area (Å²) in [5, 5.41) is 10.2. The van der Waals surface area contributed by atoms with Crippen LogP contribution in [-0.4, -0.2) is 23.6 Å². The molecule has 2 nitrogen and oxygen atoms in total. The molecule has 1 unspecified atom stereocenters. The SMILES string of the molecule is Cc1ccc(C(O)CCN(C)Cc2cccc(C)c2)cc1. The first-order valence-corrected chi connectivity index (χ1v) is 7.53. The van der Waals surface area contributed by atoms with Crippen LogP contribution in [0.4, 0.5) is 0 Å². The van der Waals surface area contributed by atoms with E-state index in [9.17, 15) is 5.11 Å². The Labute approximate surface area is 128 Å². The summed E-state index contributed by atoms with van der Waals surface area (Å²) >= 11 is 0. The zero-order chi connectivity index (χ0) is 15.2. The monoisotopic (exact) mass is 283 g/mol. The second-order valence-electron chi connectivity index (χ2n) is 5.94. The number of aliphatic hydroxyl groups excluding tert-OH is 1. The molecule has 21 heavy (non-hydrogen) atoms. The van der Waals surface area contributed by atoms with Crippen LogP contribution in [0, 0.1) is 13.8 Å². The molecule has 0 aliphatic rings. The lowest BCUT2D eigenvalue weighted by Crippen LogP contribution is -2.21. The highest BCUT2D eigenvalue weighted by Crippen LogP contribution is 2.18. The molecule has 0 amide bonds. The molecule has 0 aliphatic heterocycles. The maximum absolute atomic E-state index is 10.2. The van der Waals surface area contributed by atoms with E-state index in [1.54, 1.807) is 0 Å². The molecule has 2 aromatic rings. The van der Waals surface area contributed by atoms with Gasteiger partial charge in [0.1, 0.15) is 0 Å². The Balaban J connectivity index is 1.83. The summed E-state index contributed by atoms with van der Waals surface area (Å²) in [6.07, 6.45) is 0.372. The second kappa shape index (κ2) is 7.39. The molecule has 112 valence electrons. The molecular formula is C19H25NO. The minimum atomic E-state index is -0.384. The fourth-order valence-corrected chi connectivity index (χ4v) is 2.50. The van der Waals surface area contributed by atoms with Crippen LogP contribution >= 0.6 is 0 Å². The summed E-state index contributed by atoms with van der Waals surface area (Å²) in [4.78, 5) is 2.26. The van der Waals surface area contributed by atoms with Crippen molar-refractivity contribution < 1.29 is 5.11 Å². The summed E-state index contributed by atoms with van der Waals surface area (Å²) in [5.41, 5.74) is 4.84. The fraction of sp³-hybridized carbons (Fsp3) is 0.368. The third-order valence-corrected chi connectivity index (χ3v) is 3.78. The van der Waals surface area contributed by atoms with Crippen molar-refractivity contribution in [3.63, 3.8) is 0 Å². The largest absolute Gasteiger partial charge is 0.388 e. The molecule has 0 spiro atoms. The minimum Gasteiger partial charge on any atom is -0.388 e. The highest BCUT2D eigenvalue weighted by atomic mass is 16.3. The topological polar surface area (TPSA) is 23.5 Å². The van der Waals surface area contributed by atoms with Crippen molar-refractivity contribution in [3.8, 4) is 0 Å². The van der Waals surface area contributed by atoms with Crippen LogP contribution in [0.1, 0.15) is 34.8 Å². The minimum absolute atomic E-state index is 0.384. The van der Waals surface area contributed by atoms with Crippen LogP contribution in [0.5, 0.6) is 0 Å². The third kappa shape index (κ3) is 5.00. The Bertz CT molecular complexity index is 562. The zero-order valence-electron chi connectivity index (χ0n) is 13.2. The maximum atomic E-state index is 10.2. The van der Waals surface area contributed by atoms with Gasteiger partial charge in [-0.25, -0.2) is 0 Å². The molecule has 2 aromatic carbocycles. The number of aliphatic hydroxyl groups is 1. The number of hydrogen-bond acceptors (Lipinski definition) is 2. The highest BCUT2D eigenvalue weighted by molar-refractivity contribution is 5.23. The number of hydrogen-bond donors (Lipinski definition) is 1. The van der Waals surface area contributed by atoms with Crippen LogP contribution in [0.25, 0.3) is 0 Å². The van der Waals surface area contributed by atoms with Gasteiger partial charge in [0.2, 0.25) is 0 Å². The molecule has 0 saturated carbocycles. The van der Waals surface area contributed by atoms with E-state index in [-0.39, 0.29) is 6.10 Å². The van der Waals surface area contributed by atoms with Crippen LogP contribution < -0.4 is 0 Å². The highest BCUT2D eigenvalue weighted by Gasteiger charge is 2.09. The smallest absolute Gasteiger partial charge is 0.0802 e. The van der Waals surface area contributed by atoms with E-state index in [4.69, 9.17) is 0 Å². The lowest BCUT2D eigenvalue weighted by Gasteiger charge is -2.19. The van der Waals surface area contributed by atoms with Crippen LogP contribution in [0.2, 0.25) is 0 Å². The fourth-order valence-electron chi connectivity index (χ4n) is 2.50. The molecule has 0 saturated heterocycles.